The molecular formula is C24H24N2O5. The average molecular weight is 420 g/mol. The molecular weight excluding hydrogens is 396 g/mol. The van der Waals surface area contributed by atoms with Gasteiger partial charge in [0.15, 0.2) is 6.10 Å². The maximum Gasteiger partial charge on any atom is 0.280 e. The fraction of sp³-hybridized carbons (Fsp3) is 0.167. The van der Waals surface area contributed by atoms with Crippen molar-refractivity contribution < 1.29 is 24.1 Å². The second-order valence-corrected chi connectivity index (χ2v) is 6.66. The Morgan fingerprint density at radius 3 is 2.42 bits per heavy atom. The minimum atomic E-state index is -0.771. The van der Waals surface area contributed by atoms with E-state index < -0.39 is 12.0 Å². The number of ether oxygens (including phenoxy) is 3. The number of phenols is 1. The molecule has 7 heteroatoms. The smallest absolute Gasteiger partial charge is 0.280 e. The molecule has 0 radical (unpaired) electrons. The summed E-state index contributed by atoms with van der Waals surface area (Å²) in [5.74, 6) is 1.40. The van der Waals surface area contributed by atoms with Gasteiger partial charge in [-0.05, 0) is 55.0 Å². The molecule has 160 valence electrons. The minimum absolute atomic E-state index is 0.0256. The number of nitrogens with one attached hydrogen (secondary N) is 1. The van der Waals surface area contributed by atoms with Gasteiger partial charge < -0.3 is 19.3 Å². The standard InChI is InChI=1S/C24H24N2O5/c1-17(24(28)26-25-15-19-14-22(29-2)12-13-23(19)27)31-21-10-8-20(9-11-21)30-16-18-6-4-3-5-7-18/h3-15,17,27H,16H2,1-2H3,(H,26,28)/b25-15-/t17-/m1/s1. The molecule has 0 bridgehead atoms. The van der Waals surface area contributed by atoms with Crippen LogP contribution < -0.4 is 19.6 Å². The maximum atomic E-state index is 12.2. The van der Waals surface area contributed by atoms with Crippen LogP contribution in [0.1, 0.15) is 18.1 Å². The molecule has 31 heavy (non-hydrogen) atoms. The van der Waals surface area contributed by atoms with Crippen LogP contribution in [0.15, 0.2) is 77.9 Å². The van der Waals surface area contributed by atoms with Gasteiger partial charge in [0, 0.05) is 5.56 Å². The Morgan fingerprint density at radius 1 is 1.03 bits per heavy atom. The zero-order chi connectivity index (χ0) is 22.1. The lowest BCUT2D eigenvalue weighted by molar-refractivity contribution is -0.127. The molecule has 3 rings (SSSR count). The molecule has 0 spiro atoms. The quantitative estimate of drug-likeness (QED) is 0.405. The van der Waals surface area contributed by atoms with E-state index in [9.17, 15) is 9.90 Å². The van der Waals surface area contributed by atoms with Crippen molar-refractivity contribution in [2.75, 3.05) is 7.11 Å². The number of rotatable bonds is 9. The Labute approximate surface area is 180 Å². The van der Waals surface area contributed by atoms with Gasteiger partial charge in [-0.1, -0.05) is 30.3 Å². The number of hydrogen-bond donors (Lipinski definition) is 2. The summed E-state index contributed by atoms with van der Waals surface area (Å²) in [6.45, 7) is 2.09. The number of aromatic hydroxyl groups is 1. The van der Waals surface area contributed by atoms with Gasteiger partial charge in [0.05, 0.1) is 13.3 Å². The maximum absolute atomic E-state index is 12.2. The number of nitrogens with zero attached hydrogens (tertiary/aromatic N) is 1. The van der Waals surface area contributed by atoms with Crippen LogP contribution in [0.25, 0.3) is 0 Å². The molecule has 1 amide bonds. The molecule has 0 aliphatic rings. The highest BCUT2D eigenvalue weighted by atomic mass is 16.5. The molecule has 0 aliphatic heterocycles. The molecule has 0 aromatic heterocycles. The van der Waals surface area contributed by atoms with Gasteiger partial charge in [0.2, 0.25) is 0 Å². The molecule has 2 N–H and O–H groups in total. The van der Waals surface area contributed by atoms with Crippen molar-refractivity contribution >= 4 is 12.1 Å². The average Bonchev–Trinajstić information content (AvgIpc) is 2.80. The van der Waals surface area contributed by atoms with Crippen LogP contribution in [0, 0.1) is 0 Å². The zero-order valence-corrected chi connectivity index (χ0v) is 17.3. The first-order valence-electron chi connectivity index (χ1n) is 9.68. The lowest BCUT2D eigenvalue weighted by Crippen LogP contribution is -2.33. The first-order valence-corrected chi connectivity index (χ1v) is 9.68. The second kappa shape index (κ2) is 10.7. The normalized spacial score (nSPS) is 11.7. The minimum Gasteiger partial charge on any atom is -0.507 e. The predicted molar refractivity (Wildman–Crippen MR) is 118 cm³/mol. The van der Waals surface area contributed by atoms with E-state index in [0.717, 1.165) is 5.56 Å². The molecule has 0 heterocycles. The number of hydrogen-bond acceptors (Lipinski definition) is 6. The number of phenolic OH excluding ortho intramolecular Hbond substituents is 1. The van der Waals surface area contributed by atoms with Crippen LogP contribution in [0.5, 0.6) is 23.0 Å². The molecule has 0 unspecified atom stereocenters. The molecule has 3 aromatic carbocycles. The largest absolute Gasteiger partial charge is 0.507 e. The second-order valence-electron chi connectivity index (χ2n) is 6.66. The Kier molecular flexibility index (Phi) is 7.48. The fourth-order valence-electron chi connectivity index (χ4n) is 2.63. The van der Waals surface area contributed by atoms with Crippen LogP contribution in [0.3, 0.4) is 0 Å². The third-order valence-corrected chi connectivity index (χ3v) is 4.37. The van der Waals surface area contributed by atoms with Gasteiger partial charge in [0.25, 0.3) is 5.91 Å². The van der Waals surface area contributed by atoms with E-state index in [1.54, 1.807) is 43.3 Å². The van der Waals surface area contributed by atoms with Gasteiger partial charge in [-0.15, -0.1) is 0 Å². The number of carbonyl (C=O) groups excluding carboxylic acids is 1. The summed E-state index contributed by atoms with van der Waals surface area (Å²) >= 11 is 0. The SMILES string of the molecule is COc1ccc(O)c(/C=N\NC(=O)[C@@H](C)Oc2ccc(OCc3ccccc3)cc2)c1. The van der Waals surface area contributed by atoms with E-state index in [2.05, 4.69) is 10.5 Å². The molecule has 1 atom stereocenters. The number of carbonyl (C=O) groups is 1. The predicted octanol–water partition coefficient (Wildman–Crippen LogP) is 3.90. The van der Waals surface area contributed by atoms with E-state index in [0.29, 0.717) is 29.4 Å². The van der Waals surface area contributed by atoms with Crippen LogP contribution >= 0.6 is 0 Å². The van der Waals surface area contributed by atoms with E-state index in [1.807, 2.05) is 30.3 Å². The van der Waals surface area contributed by atoms with E-state index in [-0.39, 0.29) is 5.75 Å². The topological polar surface area (TPSA) is 89.4 Å². The van der Waals surface area contributed by atoms with Gasteiger partial charge >= 0.3 is 0 Å². The lowest BCUT2D eigenvalue weighted by Gasteiger charge is -2.13. The first kappa shape index (κ1) is 21.7. The summed E-state index contributed by atoms with van der Waals surface area (Å²) in [5.41, 5.74) is 3.89. The summed E-state index contributed by atoms with van der Waals surface area (Å²) in [5, 5.41) is 13.7. The van der Waals surface area contributed by atoms with E-state index in [1.165, 1.54) is 19.4 Å². The van der Waals surface area contributed by atoms with Crippen molar-refractivity contribution in [2.24, 2.45) is 5.10 Å². The Bertz CT molecular complexity index is 1020. The lowest BCUT2D eigenvalue weighted by atomic mass is 10.2. The first-order chi connectivity index (χ1) is 15.0. The van der Waals surface area contributed by atoms with Crippen LogP contribution in [-0.4, -0.2) is 30.4 Å². The third kappa shape index (κ3) is 6.50. The molecule has 0 aliphatic carbocycles. The molecule has 0 fully saturated rings. The fourth-order valence-corrected chi connectivity index (χ4v) is 2.63. The van der Waals surface area contributed by atoms with E-state index in [4.69, 9.17) is 14.2 Å². The summed E-state index contributed by atoms with van der Waals surface area (Å²) in [7, 11) is 1.52. The highest BCUT2D eigenvalue weighted by Gasteiger charge is 2.14. The van der Waals surface area contributed by atoms with Crippen LogP contribution in [0.4, 0.5) is 0 Å². The number of methoxy groups -OCH3 is 1. The highest BCUT2D eigenvalue weighted by molar-refractivity contribution is 5.86. The van der Waals surface area contributed by atoms with Crippen molar-refractivity contribution in [2.45, 2.75) is 19.6 Å². The molecule has 0 saturated carbocycles. The molecule has 3 aromatic rings. The van der Waals surface area contributed by atoms with Gasteiger partial charge in [-0.2, -0.15) is 5.10 Å². The molecule has 7 nitrogen and oxygen atoms in total. The summed E-state index contributed by atoms with van der Waals surface area (Å²) in [6, 6.07) is 21.6. The Morgan fingerprint density at radius 2 is 1.71 bits per heavy atom. The van der Waals surface area contributed by atoms with Crippen LogP contribution in [-0.2, 0) is 11.4 Å². The zero-order valence-electron chi connectivity index (χ0n) is 17.3. The number of benzene rings is 3. The Hall–Kier alpha value is -4.00. The van der Waals surface area contributed by atoms with Crippen molar-refractivity contribution in [1.29, 1.82) is 0 Å². The van der Waals surface area contributed by atoms with Crippen LogP contribution in [0.2, 0.25) is 0 Å². The summed E-state index contributed by atoms with van der Waals surface area (Å²) in [4.78, 5) is 12.2. The van der Waals surface area contributed by atoms with Gasteiger partial charge in [0.1, 0.15) is 29.6 Å². The number of hydrazone groups is 1. The van der Waals surface area contributed by atoms with Crippen molar-refractivity contribution in [1.82, 2.24) is 5.43 Å². The van der Waals surface area contributed by atoms with E-state index >= 15 is 0 Å². The summed E-state index contributed by atoms with van der Waals surface area (Å²) < 4.78 is 16.5. The van der Waals surface area contributed by atoms with Crippen molar-refractivity contribution in [3.8, 4) is 23.0 Å². The van der Waals surface area contributed by atoms with Crippen molar-refractivity contribution in [3.63, 3.8) is 0 Å². The third-order valence-electron chi connectivity index (χ3n) is 4.37. The van der Waals surface area contributed by atoms with Gasteiger partial charge in [-0.3, -0.25) is 4.79 Å². The Balaban J connectivity index is 1.49. The summed E-state index contributed by atoms with van der Waals surface area (Å²) in [6.07, 6.45) is 0.564. The number of amides is 1. The molecule has 0 saturated heterocycles. The monoisotopic (exact) mass is 420 g/mol. The van der Waals surface area contributed by atoms with Gasteiger partial charge in [-0.25, -0.2) is 5.43 Å². The highest BCUT2D eigenvalue weighted by Crippen LogP contribution is 2.21. The van der Waals surface area contributed by atoms with Crippen molar-refractivity contribution in [3.05, 3.63) is 83.9 Å².